The SMILES string of the molecule is COc1ccc2c(c1)CCCN2C(=O)CN1C(=O)NC(C)(c2ccc(F)cc2Cl)C1=O. The van der Waals surface area contributed by atoms with E-state index in [9.17, 15) is 18.8 Å². The van der Waals surface area contributed by atoms with Crippen LogP contribution in [0.4, 0.5) is 14.9 Å². The maximum Gasteiger partial charge on any atom is 0.325 e. The molecule has 1 saturated heterocycles. The quantitative estimate of drug-likeness (QED) is 0.733. The van der Waals surface area contributed by atoms with E-state index < -0.39 is 29.8 Å². The molecule has 1 fully saturated rings. The van der Waals surface area contributed by atoms with Crippen molar-refractivity contribution in [3.8, 4) is 5.75 Å². The highest BCUT2D eigenvalue weighted by atomic mass is 35.5. The van der Waals surface area contributed by atoms with Crippen LogP contribution in [0, 0.1) is 5.82 Å². The van der Waals surface area contributed by atoms with Gasteiger partial charge in [0, 0.05) is 22.8 Å². The average molecular weight is 446 g/mol. The molecule has 31 heavy (non-hydrogen) atoms. The number of benzene rings is 2. The van der Waals surface area contributed by atoms with Crippen molar-refractivity contribution in [1.29, 1.82) is 0 Å². The van der Waals surface area contributed by atoms with Crippen LogP contribution in [0.5, 0.6) is 5.75 Å². The molecule has 0 bridgehead atoms. The number of ether oxygens (including phenoxy) is 1. The summed E-state index contributed by atoms with van der Waals surface area (Å²) in [6, 6.07) is 8.36. The molecule has 1 atom stereocenters. The third-order valence-electron chi connectivity index (χ3n) is 5.74. The molecule has 0 radical (unpaired) electrons. The molecule has 2 aromatic carbocycles. The second-order valence-electron chi connectivity index (χ2n) is 7.71. The highest BCUT2D eigenvalue weighted by Crippen LogP contribution is 2.35. The summed E-state index contributed by atoms with van der Waals surface area (Å²) in [4.78, 5) is 41.2. The van der Waals surface area contributed by atoms with Gasteiger partial charge in [0.25, 0.3) is 5.91 Å². The fraction of sp³-hybridized carbons (Fsp3) is 0.318. The molecule has 1 unspecified atom stereocenters. The van der Waals surface area contributed by atoms with Gasteiger partial charge in [-0.2, -0.15) is 0 Å². The highest BCUT2D eigenvalue weighted by molar-refractivity contribution is 6.32. The summed E-state index contributed by atoms with van der Waals surface area (Å²) in [5.74, 6) is -0.842. The third kappa shape index (κ3) is 3.61. The number of imide groups is 1. The Bertz CT molecular complexity index is 1090. The Morgan fingerprint density at radius 2 is 2.03 bits per heavy atom. The van der Waals surface area contributed by atoms with E-state index >= 15 is 0 Å². The van der Waals surface area contributed by atoms with Gasteiger partial charge in [-0.3, -0.25) is 14.5 Å². The first-order chi connectivity index (χ1) is 14.7. The fourth-order valence-electron chi connectivity index (χ4n) is 4.10. The zero-order valence-electron chi connectivity index (χ0n) is 17.1. The number of carbonyl (C=O) groups excluding carboxylic acids is 3. The van der Waals surface area contributed by atoms with Gasteiger partial charge >= 0.3 is 6.03 Å². The van der Waals surface area contributed by atoms with Crippen molar-refractivity contribution in [3.05, 3.63) is 58.4 Å². The fourth-order valence-corrected chi connectivity index (χ4v) is 4.45. The summed E-state index contributed by atoms with van der Waals surface area (Å²) in [5, 5.41) is 2.61. The molecular formula is C22H21ClFN3O4. The Kier molecular flexibility index (Phi) is 5.35. The van der Waals surface area contributed by atoms with Gasteiger partial charge in [0.15, 0.2) is 0 Å². The number of anilines is 1. The number of urea groups is 1. The van der Waals surface area contributed by atoms with Crippen LogP contribution < -0.4 is 15.0 Å². The van der Waals surface area contributed by atoms with Crippen LogP contribution in [0.2, 0.25) is 5.02 Å². The molecule has 0 spiro atoms. The van der Waals surface area contributed by atoms with Crippen molar-refractivity contribution in [1.82, 2.24) is 10.2 Å². The molecule has 162 valence electrons. The summed E-state index contributed by atoms with van der Waals surface area (Å²) < 4.78 is 18.7. The van der Waals surface area contributed by atoms with E-state index in [1.807, 2.05) is 6.07 Å². The lowest BCUT2D eigenvalue weighted by Crippen LogP contribution is -2.46. The van der Waals surface area contributed by atoms with Gasteiger partial charge in [0.05, 0.1) is 7.11 Å². The van der Waals surface area contributed by atoms with E-state index in [2.05, 4.69) is 5.32 Å². The first-order valence-electron chi connectivity index (χ1n) is 9.81. The van der Waals surface area contributed by atoms with E-state index in [0.717, 1.165) is 35.1 Å². The summed E-state index contributed by atoms with van der Waals surface area (Å²) in [6.07, 6.45) is 1.57. The number of carbonyl (C=O) groups is 3. The Morgan fingerprint density at radius 3 is 2.74 bits per heavy atom. The first kappa shape index (κ1) is 21.1. The van der Waals surface area contributed by atoms with Crippen LogP contribution in [0.15, 0.2) is 36.4 Å². The van der Waals surface area contributed by atoms with Gasteiger partial charge < -0.3 is 15.0 Å². The van der Waals surface area contributed by atoms with Crippen LogP contribution in [-0.2, 0) is 21.5 Å². The van der Waals surface area contributed by atoms with Crippen LogP contribution in [0.3, 0.4) is 0 Å². The van der Waals surface area contributed by atoms with E-state index in [1.54, 1.807) is 24.1 Å². The lowest BCUT2D eigenvalue weighted by molar-refractivity contribution is -0.134. The number of hydrogen-bond donors (Lipinski definition) is 1. The second kappa shape index (κ2) is 7.85. The summed E-state index contributed by atoms with van der Waals surface area (Å²) >= 11 is 6.12. The van der Waals surface area contributed by atoms with E-state index in [1.165, 1.54) is 19.1 Å². The van der Waals surface area contributed by atoms with Gasteiger partial charge in [0.1, 0.15) is 23.7 Å². The van der Waals surface area contributed by atoms with Gasteiger partial charge in [0.2, 0.25) is 5.91 Å². The first-order valence-corrected chi connectivity index (χ1v) is 10.2. The molecule has 0 aromatic heterocycles. The molecule has 2 heterocycles. The van der Waals surface area contributed by atoms with Crippen LogP contribution in [-0.4, -0.2) is 42.9 Å². The van der Waals surface area contributed by atoms with Crippen LogP contribution in [0.1, 0.15) is 24.5 Å². The normalized spacial score (nSPS) is 20.5. The smallest absolute Gasteiger partial charge is 0.325 e. The number of methoxy groups -OCH3 is 1. The zero-order valence-corrected chi connectivity index (χ0v) is 17.8. The molecule has 2 aromatic rings. The molecule has 4 rings (SSSR count). The van der Waals surface area contributed by atoms with Gasteiger partial charge in [-0.15, -0.1) is 0 Å². The molecule has 4 amide bonds. The van der Waals surface area contributed by atoms with Gasteiger partial charge in [-0.1, -0.05) is 17.7 Å². The minimum atomic E-state index is -1.49. The number of halogens is 2. The highest BCUT2D eigenvalue weighted by Gasteiger charge is 2.50. The van der Waals surface area contributed by atoms with E-state index in [4.69, 9.17) is 16.3 Å². The van der Waals surface area contributed by atoms with Crippen molar-refractivity contribution in [2.75, 3.05) is 25.1 Å². The minimum absolute atomic E-state index is 0.0169. The maximum absolute atomic E-state index is 13.4. The lowest BCUT2D eigenvalue weighted by atomic mass is 9.92. The number of amides is 4. The van der Waals surface area contributed by atoms with Crippen molar-refractivity contribution < 1.29 is 23.5 Å². The molecular weight excluding hydrogens is 425 g/mol. The number of nitrogens with one attached hydrogen (secondary N) is 1. The Labute approximate surface area is 183 Å². The summed E-state index contributed by atoms with van der Waals surface area (Å²) in [5.41, 5.74) is 0.488. The van der Waals surface area contributed by atoms with Gasteiger partial charge in [-0.05, 0) is 55.7 Å². The number of fused-ring (bicyclic) bond motifs is 1. The van der Waals surface area contributed by atoms with E-state index in [-0.39, 0.29) is 16.5 Å². The zero-order chi connectivity index (χ0) is 22.3. The molecule has 0 saturated carbocycles. The maximum atomic E-state index is 13.4. The molecule has 2 aliphatic heterocycles. The number of rotatable bonds is 4. The largest absolute Gasteiger partial charge is 0.497 e. The monoisotopic (exact) mass is 445 g/mol. The van der Waals surface area contributed by atoms with Crippen molar-refractivity contribution in [3.63, 3.8) is 0 Å². The van der Waals surface area contributed by atoms with Crippen molar-refractivity contribution >= 4 is 35.1 Å². The summed E-state index contributed by atoms with van der Waals surface area (Å²) in [6.45, 7) is 1.56. The molecule has 9 heteroatoms. The van der Waals surface area contributed by atoms with Crippen LogP contribution in [0.25, 0.3) is 0 Å². The van der Waals surface area contributed by atoms with Gasteiger partial charge in [-0.25, -0.2) is 9.18 Å². The Balaban J connectivity index is 1.57. The predicted molar refractivity (Wildman–Crippen MR) is 113 cm³/mol. The van der Waals surface area contributed by atoms with Crippen molar-refractivity contribution in [2.45, 2.75) is 25.3 Å². The van der Waals surface area contributed by atoms with E-state index in [0.29, 0.717) is 12.3 Å². The third-order valence-corrected chi connectivity index (χ3v) is 6.06. The molecule has 2 aliphatic rings. The van der Waals surface area contributed by atoms with Crippen LogP contribution >= 0.6 is 11.6 Å². The standard InChI is InChI=1S/C22H21ClFN3O4/c1-22(16-7-5-14(24)11-17(16)23)20(29)27(21(30)25-22)12-19(28)26-9-3-4-13-10-15(31-2)6-8-18(13)26/h5-8,10-11H,3-4,9,12H2,1-2H3,(H,25,30). The second-order valence-corrected chi connectivity index (χ2v) is 8.12. The minimum Gasteiger partial charge on any atom is -0.497 e. The Hall–Kier alpha value is -3.13. The van der Waals surface area contributed by atoms with Crippen molar-refractivity contribution in [2.24, 2.45) is 0 Å². The Morgan fingerprint density at radius 1 is 1.26 bits per heavy atom. The molecule has 7 nitrogen and oxygen atoms in total. The summed E-state index contributed by atoms with van der Waals surface area (Å²) in [7, 11) is 1.58. The number of nitrogens with zero attached hydrogens (tertiary/aromatic N) is 2. The number of aryl methyl sites for hydroxylation is 1. The molecule has 1 N–H and O–H groups in total. The molecule has 0 aliphatic carbocycles. The predicted octanol–water partition coefficient (Wildman–Crippen LogP) is 3.23. The average Bonchev–Trinajstić information content (AvgIpc) is 2.96. The topological polar surface area (TPSA) is 79.0 Å². The number of hydrogen-bond acceptors (Lipinski definition) is 4. The lowest BCUT2D eigenvalue weighted by Gasteiger charge is -2.31.